The maximum Gasteiger partial charge on any atom is 0.254 e. The van der Waals surface area contributed by atoms with Crippen LogP contribution in [-0.2, 0) is 0 Å². The van der Waals surface area contributed by atoms with Crippen molar-refractivity contribution in [2.75, 3.05) is 32.1 Å². The molecule has 0 aromatic carbocycles. The van der Waals surface area contributed by atoms with Gasteiger partial charge < -0.3 is 14.9 Å². The summed E-state index contributed by atoms with van der Waals surface area (Å²) in [5, 5.41) is 9.94. The van der Waals surface area contributed by atoms with Gasteiger partial charge in [0.1, 0.15) is 5.82 Å². The second-order valence-corrected chi connectivity index (χ2v) is 5.04. The van der Waals surface area contributed by atoms with Crippen LogP contribution in [0.4, 0.5) is 5.82 Å². The monoisotopic (exact) mass is 249 g/mol. The molecule has 5 heteroatoms. The number of aliphatic hydroxyl groups is 1. The molecule has 0 spiro atoms. The highest BCUT2D eigenvalue weighted by molar-refractivity contribution is 5.93. The number of β-amino-alcohol motifs (C(OH)–C–C–N with tert-alkyl or cyclic N) is 1. The first-order chi connectivity index (χ1) is 8.45. The summed E-state index contributed by atoms with van der Waals surface area (Å²) < 4.78 is 0. The first-order valence-corrected chi connectivity index (χ1v) is 6.10. The summed E-state index contributed by atoms with van der Waals surface area (Å²) in [6, 6.07) is 3.60. The lowest BCUT2D eigenvalue weighted by Gasteiger charge is -2.46. The number of amides is 1. The van der Waals surface area contributed by atoms with Crippen LogP contribution in [0.5, 0.6) is 0 Å². The van der Waals surface area contributed by atoms with Crippen LogP contribution in [0.25, 0.3) is 0 Å². The van der Waals surface area contributed by atoms with E-state index in [-0.39, 0.29) is 5.91 Å². The van der Waals surface area contributed by atoms with Crippen molar-refractivity contribution in [2.45, 2.75) is 18.9 Å². The van der Waals surface area contributed by atoms with Crippen LogP contribution in [0.1, 0.15) is 23.7 Å². The van der Waals surface area contributed by atoms with Crippen molar-refractivity contribution < 1.29 is 9.90 Å². The van der Waals surface area contributed by atoms with Crippen LogP contribution in [0, 0.1) is 0 Å². The van der Waals surface area contributed by atoms with Gasteiger partial charge in [-0.05, 0) is 18.6 Å². The van der Waals surface area contributed by atoms with Crippen molar-refractivity contribution in [1.29, 1.82) is 0 Å². The van der Waals surface area contributed by atoms with Gasteiger partial charge >= 0.3 is 0 Å². The molecule has 0 unspecified atom stereocenters. The molecule has 5 nitrogen and oxygen atoms in total. The van der Waals surface area contributed by atoms with E-state index in [1.165, 1.54) is 4.90 Å². The third-order valence-corrected chi connectivity index (χ3v) is 3.35. The Kier molecular flexibility index (Phi) is 3.26. The molecule has 18 heavy (non-hydrogen) atoms. The van der Waals surface area contributed by atoms with E-state index in [4.69, 9.17) is 0 Å². The van der Waals surface area contributed by atoms with Crippen molar-refractivity contribution >= 4 is 11.7 Å². The summed E-state index contributed by atoms with van der Waals surface area (Å²) in [5.41, 5.74) is 0.00909. The van der Waals surface area contributed by atoms with Crippen LogP contribution in [0.2, 0.25) is 0 Å². The Morgan fingerprint density at radius 3 is 2.61 bits per heavy atom. The molecule has 2 rings (SSSR count). The number of aromatic nitrogens is 1. The van der Waals surface area contributed by atoms with Crippen molar-refractivity contribution in [2.24, 2.45) is 0 Å². The lowest BCUT2D eigenvalue weighted by Crippen LogP contribution is -2.61. The Morgan fingerprint density at radius 1 is 1.50 bits per heavy atom. The van der Waals surface area contributed by atoms with E-state index in [2.05, 4.69) is 4.98 Å². The minimum absolute atomic E-state index is 0.0530. The number of nitrogens with zero attached hydrogens (tertiary/aromatic N) is 3. The third-order valence-electron chi connectivity index (χ3n) is 3.35. The van der Waals surface area contributed by atoms with Crippen LogP contribution in [-0.4, -0.2) is 53.7 Å². The van der Waals surface area contributed by atoms with Crippen LogP contribution >= 0.6 is 0 Å². The number of carbonyl (C=O) groups is 1. The highest BCUT2D eigenvalue weighted by Gasteiger charge is 2.39. The molecule has 1 aliphatic rings. The van der Waals surface area contributed by atoms with E-state index in [0.717, 1.165) is 12.2 Å². The van der Waals surface area contributed by atoms with E-state index in [9.17, 15) is 9.90 Å². The summed E-state index contributed by atoms with van der Waals surface area (Å²) >= 11 is 0. The zero-order valence-electron chi connectivity index (χ0n) is 11.1. The SMILES string of the molecule is CCC1(O)CN(c2ccc(C(=O)N(C)C)cn2)C1. The van der Waals surface area contributed by atoms with E-state index >= 15 is 0 Å². The number of carbonyl (C=O) groups excluding carboxylic acids is 1. The first-order valence-electron chi connectivity index (χ1n) is 6.10. The molecule has 1 amide bonds. The molecular formula is C13H19N3O2. The quantitative estimate of drug-likeness (QED) is 0.858. The maximum atomic E-state index is 11.7. The summed E-state index contributed by atoms with van der Waals surface area (Å²) in [7, 11) is 3.43. The molecular weight excluding hydrogens is 230 g/mol. The Labute approximate surface area is 107 Å². The predicted molar refractivity (Wildman–Crippen MR) is 69.7 cm³/mol. The average molecular weight is 249 g/mol. The molecule has 0 bridgehead atoms. The summed E-state index contributed by atoms with van der Waals surface area (Å²) in [4.78, 5) is 19.5. The van der Waals surface area contributed by atoms with Crippen LogP contribution in [0.3, 0.4) is 0 Å². The first kappa shape index (κ1) is 12.8. The lowest BCUT2D eigenvalue weighted by molar-refractivity contribution is 0.00805. The van der Waals surface area contributed by atoms with Crippen LogP contribution in [0.15, 0.2) is 18.3 Å². The molecule has 0 radical (unpaired) electrons. The lowest BCUT2D eigenvalue weighted by atomic mass is 9.91. The minimum atomic E-state index is -0.570. The molecule has 1 aliphatic heterocycles. The van der Waals surface area contributed by atoms with Crippen molar-refractivity contribution in [1.82, 2.24) is 9.88 Å². The Balaban J connectivity index is 2.04. The minimum Gasteiger partial charge on any atom is -0.386 e. The van der Waals surface area contributed by atoms with Gasteiger partial charge in [-0.25, -0.2) is 4.98 Å². The normalized spacial score (nSPS) is 17.2. The van der Waals surface area contributed by atoms with Crippen LogP contribution < -0.4 is 4.90 Å². The van der Waals surface area contributed by atoms with Gasteiger partial charge in [-0.2, -0.15) is 0 Å². The van der Waals surface area contributed by atoms with Gasteiger partial charge in [-0.1, -0.05) is 6.92 Å². The van der Waals surface area contributed by atoms with Gasteiger partial charge in [0.2, 0.25) is 0 Å². The molecule has 1 aromatic rings. The fourth-order valence-corrected chi connectivity index (χ4v) is 2.01. The molecule has 1 aromatic heterocycles. The topological polar surface area (TPSA) is 56.7 Å². The largest absolute Gasteiger partial charge is 0.386 e. The molecule has 1 N–H and O–H groups in total. The number of rotatable bonds is 3. The Morgan fingerprint density at radius 2 is 2.17 bits per heavy atom. The van der Waals surface area contributed by atoms with Gasteiger partial charge in [0, 0.05) is 33.4 Å². The second-order valence-electron chi connectivity index (χ2n) is 5.04. The highest BCUT2D eigenvalue weighted by Crippen LogP contribution is 2.28. The fourth-order valence-electron chi connectivity index (χ4n) is 2.01. The van der Waals surface area contributed by atoms with Gasteiger partial charge in [0.15, 0.2) is 0 Å². The summed E-state index contributed by atoms with van der Waals surface area (Å²) in [5.74, 6) is 0.756. The second kappa shape index (κ2) is 4.57. The van der Waals surface area contributed by atoms with E-state index in [0.29, 0.717) is 18.7 Å². The number of hydrogen-bond acceptors (Lipinski definition) is 4. The predicted octanol–water partition coefficient (Wildman–Crippen LogP) is 0.744. The summed E-state index contributed by atoms with van der Waals surface area (Å²) in [6.07, 6.45) is 2.34. The van der Waals surface area contributed by atoms with Crippen molar-refractivity contribution in [3.05, 3.63) is 23.9 Å². The zero-order valence-corrected chi connectivity index (χ0v) is 11.1. The van der Waals surface area contributed by atoms with Crippen molar-refractivity contribution in [3.63, 3.8) is 0 Å². The fraction of sp³-hybridized carbons (Fsp3) is 0.538. The molecule has 2 heterocycles. The smallest absolute Gasteiger partial charge is 0.254 e. The van der Waals surface area contributed by atoms with E-state index < -0.39 is 5.60 Å². The number of hydrogen-bond donors (Lipinski definition) is 1. The Hall–Kier alpha value is -1.62. The number of anilines is 1. The molecule has 98 valence electrons. The van der Waals surface area contributed by atoms with Crippen molar-refractivity contribution in [3.8, 4) is 0 Å². The molecule has 1 saturated heterocycles. The van der Waals surface area contributed by atoms with Gasteiger partial charge in [0.25, 0.3) is 5.91 Å². The standard InChI is InChI=1S/C13H19N3O2/c1-4-13(18)8-16(9-13)11-6-5-10(7-14-11)12(17)15(2)3/h5-7,18H,4,8-9H2,1-3H3. The van der Waals surface area contributed by atoms with E-state index in [1.807, 2.05) is 17.9 Å². The third kappa shape index (κ3) is 2.31. The highest BCUT2D eigenvalue weighted by atomic mass is 16.3. The van der Waals surface area contributed by atoms with E-state index in [1.54, 1.807) is 26.4 Å². The average Bonchev–Trinajstić information content (AvgIpc) is 2.34. The van der Waals surface area contributed by atoms with Gasteiger partial charge in [-0.15, -0.1) is 0 Å². The summed E-state index contributed by atoms with van der Waals surface area (Å²) in [6.45, 7) is 3.19. The zero-order chi connectivity index (χ0) is 13.3. The van der Waals surface area contributed by atoms with Gasteiger partial charge in [-0.3, -0.25) is 4.79 Å². The van der Waals surface area contributed by atoms with Gasteiger partial charge in [0.05, 0.1) is 11.2 Å². The molecule has 1 fully saturated rings. The maximum absolute atomic E-state index is 11.7. The molecule has 0 aliphatic carbocycles. The number of pyridine rings is 1. The molecule has 0 atom stereocenters. The Bertz CT molecular complexity index is 436. The molecule has 0 saturated carbocycles.